The fourth-order valence-electron chi connectivity index (χ4n) is 1.45. The number of carboxylic acid groups (broad SMARTS) is 1. The molecule has 0 aliphatic carbocycles. The second-order valence-electron chi connectivity index (χ2n) is 3.84. The van der Waals surface area contributed by atoms with Crippen LogP contribution in [0.1, 0.15) is 18.9 Å². The predicted molar refractivity (Wildman–Crippen MR) is 74.4 cm³/mol. The van der Waals surface area contributed by atoms with Gasteiger partial charge in [0, 0.05) is 18.7 Å². The van der Waals surface area contributed by atoms with Crippen LogP contribution in [0.25, 0.3) is 0 Å². The average Bonchev–Trinajstić information content (AvgIpc) is 2.64. The first-order chi connectivity index (χ1) is 8.02. The summed E-state index contributed by atoms with van der Waals surface area (Å²) < 4.78 is 1.12. The molecule has 1 aromatic heterocycles. The maximum absolute atomic E-state index is 10.8. The number of nitrogens with zero attached hydrogens (tertiary/aromatic N) is 1. The van der Waals surface area contributed by atoms with Crippen molar-refractivity contribution in [1.29, 1.82) is 0 Å². The van der Waals surface area contributed by atoms with Crippen LogP contribution in [-0.4, -0.2) is 29.6 Å². The van der Waals surface area contributed by atoms with Crippen molar-refractivity contribution < 1.29 is 9.90 Å². The number of hydrogen-bond donors (Lipinski definition) is 1. The molecule has 0 unspecified atom stereocenters. The molecular formula is C12H16BrNO2S. The Morgan fingerprint density at radius 1 is 1.65 bits per heavy atom. The molecule has 94 valence electrons. The van der Waals surface area contributed by atoms with E-state index in [1.165, 1.54) is 5.56 Å². The molecule has 0 fully saturated rings. The first-order valence-corrected chi connectivity index (χ1v) is 7.04. The second-order valence-corrected chi connectivity index (χ2v) is 6.13. The Hall–Kier alpha value is -0.650. The number of carbonyl (C=O) groups is 1. The number of hydrogen-bond acceptors (Lipinski definition) is 3. The van der Waals surface area contributed by atoms with E-state index in [0.29, 0.717) is 18.5 Å². The quantitative estimate of drug-likeness (QED) is 0.818. The van der Waals surface area contributed by atoms with E-state index in [4.69, 9.17) is 5.11 Å². The molecule has 0 bridgehead atoms. The van der Waals surface area contributed by atoms with Gasteiger partial charge in [-0.2, -0.15) is 0 Å². The molecule has 3 nitrogen and oxygen atoms in total. The van der Waals surface area contributed by atoms with Crippen molar-refractivity contribution in [3.8, 4) is 0 Å². The van der Waals surface area contributed by atoms with Gasteiger partial charge in [-0.1, -0.05) is 13.0 Å². The highest BCUT2D eigenvalue weighted by Gasteiger charge is 2.05. The van der Waals surface area contributed by atoms with Gasteiger partial charge in [0.15, 0.2) is 0 Å². The molecule has 0 radical (unpaired) electrons. The van der Waals surface area contributed by atoms with Crippen LogP contribution in [0.5, 0.6) is 0 Å². The largest absolute Gasteiger partial charge is 0.478 e. The third-order valence-corrected chi connectivity index (χ3v) is 3.93. The number of aliphatic carboxylic acids is 1. The normalized spacial score (nSPS) is 12.1. The molecule has 1 N–H and O–H groups in total. The van der Waals surface area contributed by atoms with Crippen LogP contribution in [0.3, 0.4) is 0 Å². The van der Waals surface area contributed by atoms with E-state index >= 15 is 0 Å². The van der Waals surface area contributed by atoms with E-state index in [1.54, 1.807) is 17.4 Å². The van der Waals surface area contributed by atoms with Gasteiger partial charge in [0.2, 0.25) is 0 Å². The molecule has 0 saturated carbocycles. The van der Waals surface area contributed by atoms with Crippen LogP contribution in [0.15, 0.2) is 26.9 Å². The van der Waals surface area contributed by atoms with Crippen molar-refractivity contribution >= 4 is 33.2 Å². The van der Waals surface area contributed by atoms with E-state index in [0.717, 1.165) is 10.3 Å². The number of rotatable bonds is 6. The van der Waals surface area contributed by atoms with Crippen molar-refractivity contribution in [3.05, 3.63) is 32.4 Å². The molecular weight excluding hydrogens is 302 g/mol. The Labute approximate surface area is 114 Å². The zero-order valence-corrected chi connectivity index (χ0v) is 12.3. The SMILES string of the molecule is CCC(=CCN(C)Cc1csc(Br)c1)C(=O)O. The summed E-state index contributed by atoms with van der Waals surface area (Å²) in [5, 5.41) is 11.0. The molecule has 17 heavy (non-hydrogen) atoms. The Bertz CT molecular complexity index is 414. The summed E-state index contributed by atoms with van der Waals surface area (Å²) in [5.74, 6) is -0.820. The smallest absolute Gasteiger partial charge is 0.331 e. The van der Waals surface area contributed by atoms with E-state index in [1.807, 2.05) is 14.0 Å². The lowest BCUT2D eigenvalue weighted by Crippen LogP contribution is -2.18. The maximum Gasteiger partial charge on any atom is 0.331 e. The number of likely N-dealkylation sites (N-methyl/N-ethyl adjacent to an activating group) is 1. The summed E-state index contributed by atoms with van der Waals surface area (Å²) in [7, 11) is 1.98. The lowest BCUT2D eigenvalue weighted by molar-refractivity contribution is -0.132. The highest BCUT2D eigenvalue weighted by atomic mass is 79.9. The molecule has 1 aromatic rings. The molecule has 0 aliphatic heterocycles. The van der Waals surface area contributed by atoms with Crippen LogP contribution >= 0.6 is 27.3 Å². The number of halogens is 1. The minimum absolute atomic E-state index is 0.475. The molecule has 0 aliphatic rings. The number of thiophene rings is 1. The minimum atomic E-state index is -0.820. The minimum Gasteiger partial charge on any atom is -0.478 e. The van der Waals surface area contributed by atoms with E-state index < -0.39 is 5.97 Å². The third-order valence-electron chi connectivity index (χ3n) is 2.38. The van der Waals surface area contributed by atoms with E-state index in [9.17, 15) is 4.79 Å². The summed E-state index contributed by atoms with van der Waals surface area (Å²) in [6.07, 6.45) is 2.34. The Kier molecular flexibility index (Phi) is 5.88. The van der Waals surface area contributed by atoms with Crippen molar-refractivity contribution in [1.82, 2.24) is 4.90 Å². The molecule has 0 spiro atoms. The van der Waals surface area contributed by atoms with Crippen molar-refractivity contribution in [2.75, 3.05) is 13.6 Å². The summed E-state index contributed by atoms with van der Waals surface area (Å²) in [5.41, 5.74) is 1.72. The van der Waals surface area contributed by atoms with Crippen molar-refractivity contribution in [2.45, 2.75) is 19.9 Å². The van der Waals surface area contributed by atoms with Crippen LogP contribution in [0.2, 0.25) is 0 Å². The standard InChI is InChI=1S/C12H16BrNO2S/c1-3-10(12(15)16)4-5-14(2)7-9-6-11(13)17-8-9/h4,6,8H,3,5,7H2,1-2H3,(H,15,16). The monoisotopic (exact) mass is 317 g/mol. The van der Waals surface area contributed by atoms with Crippen molar-refractivity contribution in [2.24, 2.45) is 0 Å². The van der Waals surface area contributed by atoms with Gasteiger partial charge in [-0.15, -0.1) is 11.3 Å². The zero-order chi connectivity index (χ0) is 12.8. The fourth-order valence-corrected chi connectivity index (χ4v) is 2.65. The Morgan fingerprint density at radius 3 is 2.82 bits per heavy atom. The highest BCUT2D eigenvalue weighted by Crippen LogP contribution is 2.21. The first-order valence-electron chi connectivity index (χ1n) is 5.36. The average molecular weight is 318 g/mol. The van der Waals surface area contributed by atoms with Gasteiger partial charge in [0.25, 0.3) is 0 Å². The maximum atomic E-state index is 10.8. The van der Waals surface area contributed by atoms with Crippen molar-refractivity contribution in [3.63, 3.8) is 0 Å². The first kappa shape index (κ1) is 14.4. The molecule has 1 heterocycles. The fraction of sp³-hybridized carbons (Fsp3) is 0.417. The summed E-state index contributed by atoms with van der Waals surface area (Å²) >= 11 is 5.09. The Morgan fingerprint density at radius 2 is 2.35 bits per heavy atom. The van der Waals surface area contributed by atoms with Crippen LogP contribution < -0.4 is 0 Å². The molecule has 5 heteroatoms. The van der Waals surface area contributed by atoms with Gasteiger partial charge in [0.1, 0.15) is 0 Å². The highest BCUT2D eigenvalue weighted by molar-refractivity contribution is 9.11. The van der Waals surface area contributed by atoms with Gasteiger partial charge < -0.3 is 5.11 Å². The predicted octanol–water partition coefficient (Wildman–Crippen LogP) is 3.36. The number of carboxylic acids is 1. The van der Waals surface area contributed by atoms with Gasteiger partial charge in [-0.05, 0) is 46.4 Å². The van der Waals surface area contributed by atoms with Crippen LogP contribution in [0, 0.1) is 0 Å². The third kappa shape index (κ3) is 5.02. The molecule has 0 amide bonds. The Balaban J connectivity index is 2.49. The molecule has 0 saturated heterocycles. The second kappa shape index (κ2) is 6.93. The topological polar surface area (TPSA) is 40.5 Å². The van der Waals surface area contributed by atoms with Gasteiger partial charge in [-0.25, -0.2) is 4.79 Å². The van der Waals surface area contributed by atoms with Gasteiger partial charge in [-0.3, -0.25) is 4.90 Å². The van der Waals surface area contributed by atoms with Gasteiger partial charge >= 0.3 is 5.97 Å². The van der Waals surface area contributed by atoms with E-state index in [2.05, 4.69) is 32.3 Å². The van der Waals surface area contributed by atoms with E-state index in [-0.39, 0.29) is 0 Å². The summed E-state index contributed by atoms with van der Waals surface area (Å²) in [4.78, 5) is 12.9. The van der Waals surface area contributed by atoms with Gasteiger partial charge in [0.05, 0.1) is 3.79 Å². The molecule has 0 aromatic carbocycles. The molecule has 1 rings (SSSR count). The molecule has 0 atom stereocenters. The summed E-state index contributed by atoms with van der Waals surface area (Å²) in [6, 6.07) is 2.09. The lowest BCUT2D eigenvalue weighted by atomic mass is 10.2. The van der Waals surface area contributed by atoms with Crippen LogP contribution in [-0.2, 0) is 11.3 Å². The van der Waals surface area contributed by atoms with Crippen LogP contribution in [0.4, 0.5) is 0 Å². The summed E-state index contributed by atoms with van der Waals surface area (Å²) in [6.45, 7) is 3.34. The lowest BCUT2D eigenvalue weighted by Gasteiger charge is -2.13. The zero-order valence-electron chi connectivity index (χ0n) is 9.94.